The van der Waals surface area contributed by atoms with Gasteiger partial charge in [-0.05, 0) is 43.0 Å². The molecule has 5 nitrogen and oxygen atoms in total. The summed E-state index contributed by atoms with van der Waals surface area (Å²) in [6.07, 6.45) is 2.65. The summed E-state index contributed by atoms with van der Waals surface area (Å²) in [6.45, 7) is 3.85. The van der Waals surface area contributed by atoms with Crippen LogP contribution >= 0.6 is 0 Å². The zero-order chi connectivity index (χ0) is 14.2. The monoisotopic (exact) mass is 296 g/mol. The van der Waals surface area contributed by atoms with Gasteiger partial charge in [0.25, 0.3) is 0 Å². The van der Waals surface area contributed by atoms with Gasteiger partial charge in [0.15, 0.2) is 0 Å². The van der Waals surface area contributed by atoms with Crippen molar-refractivity contribution in [3.8, 4) is 5.75 Å². The molecule has 2 aliphatic rings. The van der Waals surface area contributed by atoms with Crippen LogP contribution in [0.1, 0.15) is 12.8 Å². The average molecular weight is 296 g/mol. The van der Waals surface area contributed by atoms with Crippen LogP contribution in [-0.2, 0) is 10.0 Å². The Hall–Kier alpha value is -1.11. The van der Waals surface area contributed by atoms with Gasteiger partial charge in [-0.25, -0.2) is 8.42 Å². The second kappa shape index (κ2) is 5.35. The Bertz CT molecular complexity index is 559. The highest BCUT2D eigenvalue weighted by molar-refractivity contribution is 7.89. The van der Waals surface area contributed by atoms with Crippen molar-refractivity contribution >= 4 is 10.0 Å². The molecule has 110 valence electrons. The molecule has 1 N–H and O–H groups in total. The standard InChI is InChI=1S/C14H20N2O3S/c17-13-3-5-14(6-4-13)20(18,19)16-9-7-15(8-10-16)11-12-1-2-12/h3-6,12,17H,1-2,7-11H2. The topological polar surface area (TPSA) is 60.9 Å². The lowest BCUT2D eigenvalue weighted by Crippen LogP contribution is -2.49. The lowest BCUT2D eigenvalue weighted by molar-refractivity contribution is 0.182. The number of hydrogen-bond donors (Lipinski definition) is 1. The second-order valence-corrected chi connectivity index (χ2v) is 7.58. The Labute approximate surface area is 119 Å². The zero-order valence-corrected chi connectivity index (χ0v) is 12.2. The first-order valence-corrected chi connectivity index (χ1v) is 8.51. The highest BCUT2D eigenvalue weighted by Crippen LogP contribution is 2.30. The highest BCUT2D eigenvalue weighted by atomic mass is 32.2. The minimum Gasteiger partial charge on any atom is -0.508 e. The summed E-state index contributed by atoms with van der Waals surface area (Å²) in [4.78, 5) is 2.62. The molecular weight excluding hydrogens is 276 g/mol. The van der Waals surface area contributed by atoms with Crippen molar-refractivity contribution in [1.82, 2.24) is 9.21 Å². The van der Waals surface area contributed by atoms with Crippen LogP contribution in [0, 0.1) is 5.92 Å². The van der Waals surface area contributed by atoms with Crippen LogP contribution < -0.4 is 0 Å². The summed E-state index contributed by atoms with van der Waals surface area (Å²) in [6, 6.07) is 5.74. The van der Waals surface area contributed by atoms with Crippen LogP contribution in [0.3, 0.4) is 0 Å². The van der Waals surface area contributed by atoms with Gasteiger partial charge in [-0.3, -0.25) is 0 Å². The van der Waals surface area contributed by atoms with E-state index >= 15 is 0 Å². The van der Waals surface area contributed by atoms with E-state index < -0.39 is 10.0 Å². The molecule has 3 rings (SSSR count). The number of phenols is 1. The number of piperazine rings is 1. The van der Waals surface area contributed by atoms with Crippen LogP contribution in [0.5, 0.6) is 5.75 Å². The van der Waals surface area contributed by atoms with E-state index in [2.05, 4.69) is 4.90 Å². The first kappa shape index (κ1) is 13.9. The quantitative estimate of drug-likeness (QED) is 0.904. The van der Waals surface area contributed by atoms with Gasteiger partial charge in [0.2, 0.25) is 10.0 Å². The van der Waals surface area contributed by atoms with Crippen LogP contribution in [0.4, 0.5) is 0 Å². The lowest BCUT2D eigenvalue weighted by atomic mass is 10.3. The summed E-state index contributed by atoms with van der Waals surface area (Å²) in [5.74, 6) is 0.924. The highest BCUT2D eigenvalue weighted by Gasteiger charge is 2.31. The molecule has 0 radical (unpaired) electrons. The van der Waals surface area contributed by atoms with E-state index in [1.165, 1.54) is 37.1 Å². The van der Waals surface area contributed by atoms with Gasteiger partial charge < -0.3 is 10.0 Å². The fraction of sp³-hybridized carbons (Fsp3) is 0.571. The fourth-order valence-electron chi connectivity index (χ4n) is 2.59. The van der Waals surface area contributed by atoms with Crippen LogP contribution in [0.2, 0.25) is 0 Å². The number of rotatable bonds is 4. The molecule has 0 spiro atoms. The molecule has 1 aromatic rings. The molecule has 1 heterocycles. The van der Waals surface area contributed by atoms with E-state index in [0.717, 1.165) is 25.6 Å². The maximum atomic E-state index is 12.5. The van der Waals surface area contributed by atoms with E-state index in [1.807, 2.05) is 0 Å². The Balaban J connectivity index is 1.65. The first-order chi connectivity index (χ1) is 9.55. The molecule has 0 aromatic heterocycles. The van der Waals surface area contributed by atoms with E-state index in [0.29, 0.717) is 13.1 Å². The van der Waals surface area contributed by atoms with Crippen LogP contribution in [-0.4, -0.2) is 55.5 Å². The maximum absolute atomic E-state index is 12.5. The zero-order valence-electron chi connectivity index (χ0n) is 11.4. The second-order valence-electron chi connectivity index (χ2n) is 5.64. The Kier molecular flexibility index (Phi) is 3.70. The molecule has 1 aliphatic carbocycles. The number of sulfonamides is 1. The summed E-state index contributed by atoms with van der Waals surface area (Å²) >= 11 is 0. The predicted molar refractivity (Wildman–Crippen MR) is 76.0 cm³/mol. The molecule has 0 bridgehead atoms. The normalized spacial score (nSPS) is 22.0. The van der Waals surface area contributed by atoms with Gasteiger partial charge >= 0.3 is 0 Å². The molecule has 20 heavy (non-hydrogen) atoms. The van der Waals surface area contributed by atoms with E-state index in [1.54, 1.807) is 4.31 Å². The molecule has 6 heteroatoms. The smallest absolute Gasteiger partial charge is 0.243 e. The third-order valence-corrected chi connectivity index (χ3v) is 5.93. The third kappa shape index (κ3) is 2.97. The van der Waals surface area contributed by atoms with Gasteiger partial charge in [-0.2, -0.15) is 4.31 Å². The largest absolute Gasteiger partial charge is 0.508 e. The molecular formula is C14H20N2O3S. The number of phenolic OH excluding ortho intramolecular Hbond substituents is 1. The Morgan fingerprint density at radius 3 is 2.20 bits per heavy atom. The molecule has 1 aromatic carbocycles. The summed E-state index contributed by atoms with van der Waals surface area (Å²) in [5, 5.41) is 9.24. The van der Waals surface area contributed by atoms with E-state index in [9.17, 15) is 13.5 Å². The first-order valence-electron chi connectivity index (χ1n) is 7.07. The number of benzene rings is 1. The molecule has 1 saturated heterocycles. The SMILES string of the molecule is O=S(=O)(c1ccc(O)cc1)N1CCN(CC2CC2)CC1. The van der Waals surface area contributed by atoms with Crippen molar-refractivity contribution in [1.29, 1.82) is 0 Å². The van der Waals surface area contributed by atoms with E-state index in [-0.39, 0.29) is 10.6 Å². The van der Waals surface area contributed by atoms with Gasteiger partial charge in [-0.15, -0.1) is 0 Å². The van der Waals surface area contributed by atoms with Crippen molar-refractivity contribution in [2.45, 2.75) is 17.7 Å². The third-order valence-electron chi connectivity index (χ3n) is 4.02. The van der Waals surface area contributed by atoms with Gasteiger partial charge in [-0.1, -0.05) is 0 Å². The molecule has 0 amide bonds. The van der Waals surface area contributed by atoms with Gasteiger partial charge in [0.05, 0.1) is 4.90 Å². The molecule has 1 aliphatic heterocycles. The number of aromatic hydroxyl groups is 1. The molecule has 0 atom stereocenters. The van der Waals surface area contributed by atoms with Crippen molar-refractivity contribution in [3.63, 3.8) is 0 Å². The Morgan fingerprint density at radius 2 is 1.65 bits per heavy atom. The van der Waals surface area contributed by atoms with Crippen LogP contribution in [0.25, 0.3) is 0 Å². The number of hydrogen-bond acceptors (Lipinski definition) is 4. The van der Waals surface area contributed by atoms with Crippen molar-refractivity contribution in [3.05, 3.63) is 24.3 Å². The van der Waals surface area contributed by atoms with Crippen molar-refractivity contribution in [2.75, 3.05) is 32.7 Å². The van der Waals surface area contributed by atoms with Gasteiger partial charge in [0.1, 0.15) is 5.75 Å². The van der Waals surface area contributed by atoms with Crippen LogP contribution in [0.15, 0.2) is 29.2 Å². The molecule has 0 unspecified atom stereocenters. The summed E-state index contributed by atoms with van der Waals surface area (Å²) in [7, 11) is -3.42. The van der Waals surface area contributed by atoms with Crippen molar-refractivity contribution in [2.24, 2.45) is 5.92 Å². The number of nitrogens with zero attached hydrogens (tertiary/aromatic N) is 2. The summed E-state index contributed by atoms with van der Waals surface area (Å²) in [5.41, 5.74) is 0. The molecule has 1 saturated carbocycles. The van der Waals surface area contributed by atoms with E-state index in [4.69, 9.17) is 0 Å². The predicted octanol–water partition coefficient (Wildman–Crippen LogP) is 1.11. The fourth-order valence-corrected chi connectivity index (χ4v) is 4.01. The average Bonchev–Trinajstić information content (AvgIpc) is 3.24. The lowest BCUT2D eigenvalue weighted by Gasteiger charge is -2.34. The molecule has 2 fully saturated rings. The van der Waals surface area contributed by atoms with Gasteiger partial charge in [0, 0.05) is 32.7 Å². The minimum absolute atomic E-state index is 0.0817. The Morgan fingerprint density at radius 1 is 1.05 bits per heavy atom. The summed E-state index contributed by atoms with van der Waals surface area (Å²) < 4.78 is 26.5. The minimum atomic E-state index is -3.42. The maximum Gasteiger partial charge on any atom is 0.243 e. The van der Waals surface area contributed by atoms with Crippen molar-refractivity contribution < 1.29 is 13.5 Å².